The molecule has 1 N–H and O–H groups in total. The monoisotopic (exact) mass is 380 g/mol. The van der Waals surface area contributed by atoms with Gasteiger partial charge in [0.2, 0.25) is 0 Å². The highest BCUT2D eigenvalue weighted by Crippen LogP contribution is 2.21. The van der Waals surface area contributed by atoms with Gasteiger partial charge in [0.15, 0.2) is 0 Å². The van der Waals surface area contributed by atoms with Crippen molar-refractivity contribution in [1.82, 2.24) is 24.0 Å². The van der Waals surface area contributed by atoms with E-state index in [-0.39, 0.29) is 0 Å². The molecule has 0 aromatic carbocycles. The molecule has 0 unspecified atom stereocenters. The average Bonchev–Trinajstić information content (AvgIpc) is 2.97. The normalized spacial score (nSPS) is 15.4. The Morgan fingerprint density at radius 1 is 1.18 bits per heavy atom. The Labute approximate surface area is 165 Å². The Kier molecular flexibility index (Phi) is 5.54. The fraction of sp³-hybridized carbons (Fsp3) is 0.476. The fourth-order valence-corrected chi connectivity index (χ4v) is 3.95. The van der Waals surface area contributed by atoms with Crippen LogP contribution in [0.3, 0.4) is 0 Å². The maximum atomic E-state index is 8.74. The van der Waals surface area contributed by atoms with Gasteiger partial charge in [-0.05, 0) is 37.5 Å². The minimum atomic E-state index is 0.515. The van der Waals surface area contributed by atoms with Crippen molar-refractivity contribution in [2.75, 3.05) is 32.8 Å². The largest absolute Gasteiger partial charge is 0.379 e. The highest BCUT2D eigenvalue weighted by atomic mass is 16.5. The van der Waals surface area contributed by atoms with Crippen LogP contribution >= 0.6 is 0 Å². The molecule has 7 heteroatoms. The van der Waals surface area contributed by atoms with E-state index in [4.69, 9.17) is 15.1 Å². The van der Waals surface area contributed by atoms with E-state index in [1.165, 1.54) is 5.69 Å². The molecule has 1 saturated heterocycles. The summed E-state index contributed by atoms with van der Waals surface area (Å²) in [6.45, 7) is 10.6. The Morgan fingerprint density at radius 3 is 2.75 bits per heavy atom. The fourth-order valence-electron chi connectivity index (χ4n) is 3.95. The van der Waals surface area contributed by atoms with Crippen LogP contribution in [0.2, 0.25) is 0 Å². The third-order valence-electron chi connectivity index (χ3n) is 5.68. The minimum Gasteiger partial charge on any atom is -0.379 e. The number of morpholine rings is 1. The molecule has 1 aliphatic heterocycles. The van der Waals surface area contributed by atoms with Gasteiger partial charge >= 0.3 is 0 Å². The molecule has 1 aliphatic rings. The van der Waals surface area contributed by atoms with Crippen molar-refractivity contribution in [3.63, 3.8) is 0 Å². The lowest BCUT2D eigenvalue weighted by atomic mass is 10.2. The minimum absolute atomic E-state index is 0.515. The smallest absolute Gasteiger partial charge is 0.145 e. The summed E-state index contributed by atoms with van der Waals surface area (Å²) in [7, 11) is 0. The van der Waals surface area contributed by atoms with E-state index in [1.807, 2.05) is 22.9 Å². The van der Waals surface area contributed by atoms with Crippen LogP contribution in [0.25, 0.3) is 11.0 Å². The first-order valence-corrected chi connectivity index (χ1v) is 9.93. The van der Waals surface area contributed by atoms with Crippen molar-refractivity contribution in [3.05, 3.63) is 53.2 Å². The van der Waals surface area contributed by atoms with Gasteiger partial charge in [-0.15, -0.1) is 0 Å². The predicted octanol–water partition coefficient (Wildman–Crippen LogP) is 2.10. The van der Waals surface area contributed by atoms with E-state index in [0.717, 1.165) is 68.0 Å². The number of pyridine rings is 1. The summed E-state index contributed by atoms with van der Waals surface area (Å²) in [6, 6.07) is 3.95. The average molecular weight is 380 g/mol. The number of nitrogens with one attached hydrogen (secondary N) is 1. The van der Waals surface area contributed by atoms with Gasteiger partial charge in [-0.2, -0.15) is 0 Å². The molecular formula is C21H28N6O. The molecule has 4 rings (SSSR count). The van der Waals surface area contributed by atoms with Crippen molar-refractivity contribution in [2.45, 2.75) is 33.4 Å². The van der Waals surface area contributed by atoms with E-state index in [0.29, 0.717) is 12.0 Å². The number of fused-ring (bicyclic) bond motifs is 1. The lowest BCUT2D eigenvalue weighted by Crippen LogP contribution is -2.37. The van der Waals surface area contributed by atoms with Crippen molar-refractivity contribution >= 4 is 11.0 Å². The number of nitrogens with zero attached hydrogens (tertiary/aromatic N) is 5. The molecule has 28 heavy (non-hydrogen) atoms. The van der Waals surface area contributed by atoms with E-state index in [1.54, 1.807) is 12.5 Å². The highest BCUT2D eigenvalue weighted by Gasteiger charge is 2.16. The van der Waals surface area contributed by atoms with E-state index < -0.39 is 0 Å². The molecule has 148 valence electrons. The third-order valence-corrected chi connectivity index (χ3v) is 5.68. The van der Waals surface area contributed by atoms with Crippen LogP contribution in [0.15, 0.2) is 30.9 Å². The molecule has 1 fully saturated rings. The summed E-state index contributed by atoms with van der Waals surface area (Å²) >= 11 is 0. The van der Waals surface area contributed by atoms with E-state index >= 15 is 0 Å². The van der Waals surface area contributed by atoms with Crippen molar-refractivity contribution in [2.24, 2.45) is 0 Å². The molecule has 0 amide bonds. The molecule has 3 aromatic heterocycles. The first kappa shape index (κ1) is 18.8. The van der Waals surface area contributed by atoms with Crippen molar-refractivity contribution < 1.29 is 4.74 Å². The van der Waals surface area contributed by atoms with Crippen molar-refractivity contribution in [3.8, 4) is 0 Å². The topological polar surface area (TPSA) is 72.0 Å². The zero-order valence-corrected chi connectivity index (χ0v) is 16.7. The highest BCUT2D eigenvalue weighted by molar-refractivity contribution is 5.80. The molecule has 7 nitrogen and oxygen atoms in total. The number of ether oxygens (including phenoxy) is 1. The van der Waals surface area contributed by atoms with Gasteiger partial charge in [-0.3, -0.25) is 15.3 Å². The van der Waals surface area contributed by atoms with Gasteiger partial charge in [0.05, 0.1) is 31.5 Å². The second kappa shape index (κ2) is 8.24. The van der Waals surface area contributed by atoms with Gasteiger partial charge in [-0.25, -0.2) is 4.98 Å². The van der Waals surface area contributed by atoms with Crippen LogP contribution in [0.4, 0.5) is 0 Å². The Balaban J connectivity index is 1.57. The van der Waals surface area contributed by atoms with E-state index in [2.05, 4.69) is 28.3 Å². The summed E-state index contributed by atoms with van der Waals surface area (Å²) in [6.07, 6.45) is 6.46. The van der Waals surface area contributed by atoms with Crippen LogP contribution in [0.5, 0.6) is 0 Å². The number of rotatable bonds is 6. The van der Waals surface area contributed by atoms with Crippen molar-refractivity contribution in [1.29, 1.82) is 5.41 Å². The summed E-state index contributed by atoms with van der Waals surface area (Å²) < 4.78 is 9.60. The summed E-state index contributed by atoms with van der Waals surface area (Å²) in [5.41, 5.74) is 4.86. The second-order valence-corrected chi connectivity index (χ2v) is 7.45. The summed E-state index contributed by atoms with van der Waals surface area (Å²) in [5.74, 6) is 0. The zero-order chi connectivity index (χ0) is 19.5. The lowest BCUT2D eigenvalue weighted by Gasteiger charge is -2.26. The maximum Gasteiger partial charge on any atom is 0.145 e. The van der Waals surface area contributed by atoms with Gasteiger partial charge < -0.3 is 13.9 Å². The number of hydrogen-bond donors (Lipinski definition) is 1. The summed E-state index contributed by atoms with van der Waals surface area (Å²) in [5, 5.41) is 9.70. The molecule has 0 bridgehead atoms. The molecule has 0 saturated carbocycles. The molecule has 0 atom stereocenters. The van der Waals surface area contributed by atoms with Gasteiger partial charge in [0.25, 0.3) is 0 Å². The quantitative estimate of drug-likeness (QED) is 0.711. The molecule has 4 heterocycles. The van der Waals surface area contributed by atoms with E-state index in [9.17, 15) is 0 Å². The first-order valence-electron chi connectivity index (χ1n) is 9.93. The molecule has 0 spiro atoms. The molecular weight excluding hydrogens is 352 g/mol. The number of hydrogen-bond acceptors (Lipinski definition) is 5. The van der Waals surface area contributed by atoms with Crippen LogP contribution in [0.1, 0.15) is 23.2 Å². The first-order chi connectivity index (χ1) is 13.6. The SMILES string of the molecule is Cc1c(C)n(CCCN2CCOCC2)c2ncn(Cc3cccnc3)c(=N)c12. The standard InChI is InChI=1S/C21H28N6O/c1-16-17(2)27(8-4-7-25-9-11-28-12-10-25)21-19(16)20(22)26(15-24-21)14-18-5-3-6-23-13-18/h3,5-6,13,15,22H,4,7-12,14H2,1-2H3. The third kappa shape index (κ3) is 3.72. The number of aromatic nitrogens is 4. The Bertz CT molecular complexity index is 1000. The molecule has 3 aromatic rings. The van der Waals surface area contributed by atoms with Crippen LogP contribution in [-0.4, -0.2) is 56.9 Å². The van der Waals surface area contributed by atoms with Crippen LogP contribution < -0.4 is 5.49 Å². The lowest BCUT2D eigenvalue weighted by molar-refractivity contribution is 0.0369. The second-order valence-electron chi connectivity index (χ2n) is 7.45. The van der Waals surface area contributed by atoms with Gasteiger partial charge in [0, 0.05) is 44.3 Å². The maximum absolute atomic E-state index is 8.74. The Morgan fingerprint density at radius 2 is 2.00 bits per heavy atom. The van der Waals surface area contributed by atoms with Gasteiger partial charge in [-0.1, -0.05) is 6.07 Å². The van der Waals surface area contributed by atoms with Gasteiger partial charge in [0.1, 0.15) is 11.1 Å². The predicted molar refractivity (Wildman–Crippen MR) is 108 cm³/mol. The number of aryl methyl sites for hydroxylation is 2. The zero-order valence-electron chi connectivity index (χ0n) is 16.7. The Hall–Kier alpha value is -2.51. The summed E-state index contributed by atoms with van der Waals surface area (Å²) in [4.78, 5) is 11.4. The van der Waals surface area contributed by atoms with Crippen LogP contribution in [0, 0.1) is 19.3 Å². The molecule has 0 aliphatic carbocycles. The molecule has 0 radical (unpaired) electrons. The van der Waals surface area contributed by atoms with Crippen LogP contribution in [-0.2, 0) is 17.8 Å².